The van der Waals surface area contributed by atoms with E-state index in [1.807, 2.05) is 0 Å². The van der Waals surface area contributed by atoms with Crippen molar-refractivity contribution in [1.29, 1.82) is 0 Å². The molecule has 1 atom stereocenters. The average Bonchev–Trinajstić information content (AvgIpc) is 1.53. The highest BCUT2D eigenvalue weighted by molar-refractivity contribution is 6.64. The Bertz CT molecular complexity index is 167. The third-order valence-corrected chi connectivity index (χ3v) is 3.56. The highest BCUT2D eigenvalue weighted by Gasteiger charge is 2.53. The molecule has 2 heteroatoms. The van der Waals surface area contributed by atoms with Crippen molar-refractivity contribution in [3.63, 3.8) is 0 Å². The Balaban J connectivity index is 2.05. The Morgan fingerprint density at radius 1 is 1.40 bits per heavy atom. The number of hydrogen-bond acceptors (Lipinski definition) is 1. The minimum absolute atomic E-state index is 0.0917. The van der Waals surface area contributed by atoms with E-state index in [9.17, 15) is 4.79 Å². The summed E-state index contributed by atoms with van der Waals surface area (Å²) in [5, 5.41) is -0.0917. The zero-order chi connectivity index (χ0) is 7.19. The zero-order valence-corrected chi connectivity index (χ0v) is 6.66. The van der Waals surface area contributed by atoms with Gasteiger partial charge in [-0.15, -0.1) is 0 Å². The van der Waals surface area contributed by atoms with Crippen LogP contribution in [0, 0.1) is 11.3 Å². The number of carbonyl (C=O) groups is 1. The topological polar surface area (TPSA) is 17.1 Å². The van der Waals surface area contributed by atoms with Crippen LogP contribution in [0.1, 0.15) is 32.1 Å². The van der Waals surface area contributed by atoms with E-state index in [0.717, 1.165) is 6.42 Å². The molecule has 2 rings (SSSR count). The molecule has 0 aromatic heterocycles. The quantitative estimate of drug-likeness (QED) is 0.536. The van der Waals surface area contributed by atoms with Gasteiger partial charge in [-0.1, -0.05) is 6.42 Å². The summed E-state index contributed by atoms with van der Waals surface area (Å²) >= 11 is 5.44. The number of halogens is 1. The number of hydrogen-bond donors (Lipinski definition) is 0. The smallest absolute Gasteiger partial charge is 0.225 e. The largest absolute Gasteiger partial charge is 0.281 e. The van der Waals surface area contributed by atoms with Gasteiger partial charge in [-0.25, -0.2) is 0 Å². The van der Waals surface area contributed by atoms with E-state index < -0.39 is 0 Å². The Hall–Kier alpha value is -0.0400. The molecular weight excluding hydrogens is 148 g/mol. The summed E-state index contributed by atoms with van der Waals surface area (Å²) < 4.78 is 0. The Morgan fingerprint density at radius 3 is 2.20 bits per heavy atom. The molecular formula is C8H11ClO. The highest BCUT2D eigenvalue weighted by Crippen LogP contribution is 2.60. The van der Waals surface area contributed by atoms with E-state index in [0.29, 0.717) is 5.41 Å². The first-order valence-electron chi connectivity index (χ1n) is 3.94. The fraction of sp³-hybridized carbons (Fsp3) is 0.875. The van der Waals surface area contributed by atoms with Gasteiger partial charge < -0.3 is 0 Å². The van der Waals surface area contributed by atoms with Crippen LogP contribution < -0.4 is 0 Å². The Kier molecular flexibility index (Phi) is 1.31. The Labute approximate surface area is 65.7 Å². The summed E-state index contributed by atoms with van der Waals surface area (Å²) in [5.74, 6) is 0.225. The molecule has 0 amide bonds. The fourth-order valence-corrected chi connectivity index (χ4v) is 2.62. The Morgan fingerprint density at radius 2 is 2.10 bits per heavy atom. The van der Waals surface area contributed by atoms with Crippen LogP contribution in [0.3, 0.4) is 0 Å². The van der Waals surface area contributed by atoms with Gasteiger partial charge in [-0.2, -0.15) is 0 Å². The number of carbonyl (C=O) groups excluding carboxylic acids is 1. The lowest BCUT2D eigenvalue weighted by Crippen LogP contribution is -2.48. The van der Waals surface area contributed by atoms with Crippen LogP contribution in [0.4, 0.5) is 0 Å². The van der Waals surface area contributed by atoms with Gasteiger partial charge in [0.25, 0.3) is 0 Å². The van der Waals surface area contributed by atoms with Crippen LogP contribution in [0.25, 0.3) is 0 Å². The lowest BCUT2D eigenvalue weighted by molar-refractivity contribution is -0.132. The minimum Gasteiger partial charge on any atom is -0.281 e. The van der Waals surface area contributed by atoms with Crippen molar-refractivity contribution in [3.8, 4) is 0 Å². The van der Waals surface area contributed by atoms with Gasteiger partial charge in [-0.05, 0) is 42.7 Å². The van der Waals surface area contributed by atoms with Crippen LogP contribution in [0.15, 0.2) is 0 Å². The van der Waals surface area contributed by atoms with E-state index in [1.165, 1.54) is 25.7 Å². The summed E-state index contributed by atoms with van der Waals surface area (Å²) in [5.41, 5.74) is 0.402. The molecule has 10 heavy (non-hydrogen) atoms. The van der Waals surface area contributed by atoms with Gasteiger partial charge in [0.15, 0.2) is 0 Å². The van der Waals surface area contributed by atoms with Crippen LogP contribution in [-0.2, 0) is 4.79 Å². The second-order valence-corrected chi connectivity index (χ2v) is 3.98. The molecule has 1 nitrogen and oxygen atoms in total. The summed E-state index contributed by atoms with van der Waals surface area (Å²) in [6, 6.07) is 0. The third kappa shape index (κ3) is 0.672. The maximum atomic E-state index is 10.8. The van der Waals surface area contributed by atoms with E-state index in [2.05, 4.69) is 0 Å². The monoisotopic (exact) mass is 158 g/mol. The van der Waals surface area contributed by atoms with Crippen LogP contribution in [-0.4, -0.2) is 5.24 Å². The standard InChI is InChI=1S/C8H11ClO/c9-7(10)6-2-5-8(6)3-1-4-8/h6H,1-5H2. The molecule has 2 aliphatic carbocycles. The second kappa shape index (κ2) is 1.97. The summed E-state index contributed by atoms with van der Waals surface area (Å²) in [4.78, 5) is 10.8. The maximum Gasteiger partial charge on any atom is 0.225 e. The second-order valence-electron chi connectivity index (χ2n) is 3.61. The van der Waals surface area contributed by atoms with Gasteiger partial charge in [0.1, 0.15) is 0 Å². The molecule has 0 saturated heterocycles. The molecule has 1 unspecified atom stereocenters. The molecule has 0 aromatic rings. The average molecular weight is 159 g/mol. The first kappa shape index (κ1) is 6.66. The lowest BCUT2D eigenvalue weighted by atomic mass is 9.50. The molecule has 2 saturated carbocycles. The third-order valence-electron chi connectivity index (χ3n) is 3.29. The van der Waals surface area contributed by atoms with E-state index >= 15 is 0 Å². The van der Waals surface area contributed by atoms with Crippen LogP contribution in [0.2, 0.25) is 0 Å². The van der Waals surface area contributed by atoms with Crippen molar-refractivity contribution in [2.45, 2.75) is 32.1 Å². The van der Waals surface area contributed by atoms with Crippen molar-refractivity contribution in [2.24, 2.45) is 11.3 Å². The molecule has 0 bridgehead atoms. The molecule has 0 radical (unpaired) electrons. The first-order chi connectivity index (χ1) is 4.75. The van der Waals surface area contributed by atoms with Gasteiger partial charge in [0.2, 0.25) is 5.24 Å². The predicted octanol–water partition coefficient (Wildman–Crippen LogP) is 2.33. The van der Waals surface area contributed by atoms with E-state index in [-0.39, 0.29) is 11.2 Å². The zero-order valence-electron chi connectivity index (χ0n) is 5.90. The SMILES string of the molecule is O=C(Cl)C1CCC12CCC2. The van der Waals surface area contributed by atoms with E-state index in [4.69, 9.17) is 11.6 Å². The molecule has 0 heterocycles. The first-order valence-corrected chi connectivity index (χ1v) is 4.32. The fourth-order valence-electron chi connectivity index (χ4n) is 2.28. The highest BCUT2D eigenvalue weighted by atomic mass is 35.5. The van der Waals surface area contributed by atoms with Crippen molar-refractivity contribution >= 4 is 16.8 Å². The summed E-state index contributed by atoms with van der Waals surface area (Å²) in [7, 11) is 0. The normalized spacial score (nSPS) is 34.7. The molecule has 0 aliphatic heterocycles. The van der Waals surface area contributed by atoms with Gasteiger partial charge in [0, 0.05) is 5.92 Å². The van der Waals surface area contributed by atoms with Crippen molar-refractivity contribution in [1.82, 2.24) is 0 Å². The molecule has 2 aliphatic rings. The molecule has 0 aromatic carbocycles. The molecule has 1 spiro atoms. The van der Waals surface area contributed by atoms with Gasteiger partial charge in [0.05, 0.1) is 0 Å². The van der Waals surface area contributed by atoms with E-state index in [1.54, 1.807) is 0 Å². The summed E-state index contributed by atoms with van der Waals surface area (Å²) in [6.07, 6.45) is 6.09. The van der Waals surface area contributed by atoms with Gasteiger partial charge >= 0.3 is 0 Å². The molecule has 0 N–H and O–H groups in total. The maximum absolute atomic E-state index is 10.8. The predicted molar refractivity (Wildman–Crippen MR) is 39.9 cm³/mol. The van der Waals surface area contributed by atoms with Crippen molar-refractivity contribution < 1.29 is 4.79 Å². The van der Waals surface area contributed by atoms with Gasteiger partial charge in [-0.3, -0.25) is 4.79 Å². The lowest BCUT2D eigenvalue weighted by Gasteiger charge is -2.54. The van der Waals surface area contributed by atoms with Crippen molar-refractivity contribution in [2.75, 3.05) is 0 Å². The summed E-state index contributed by atoms with van der Waals surface area (Å²) in [6.45, 7) is 0. The molecule has 2 fully saturated rings. The van der Waals surface area contributed by atoms with Crippen molar-refractivity contribution in [3.05, 3.63) is 0 Å². The van der Waals surface area contributed by atoms with Crippen LogP contribution >= 0.6 is 11.6 Å². The minimum atomic E-state index is -0.0917. The number of rotatable bonds is 1. The molecule has 56 valence electrons. The van der Waals surface area contributed by atoms with Crippen LogP contribution in [0.5, 0.6) is 0 Å².